The molecule has 0 aromatic heterocycles. The van der Waals surface area contributed by atoms with Gasteiger partial charge in [-0.1, -0.05) is 24.3 Å². The normalized spacial score (nSPS) is 11.5. The van der Waals surface area contributed by atoms with Gasteiger partial charge in [0.2, 0.25) is 5.91 Å². The summed E-state index contributed by atoms with van der Waals surface area (Å²) in [4.78, 5) is 24.2. The minimum atomic E-state index is -0.290. The summed E-state index contributed by atoms with van der Waals surface area (Å²) in [7, 11) is 0. The smallest absolute Gasteiger partial charge is 0.251 e. The molecule has 1 unspecified atom stereocenters. The first kappa shape index (κ1) is 18.5. The van der Waals surface area contributed by atoms with E-state index in [-0.39, 0.29) is 24.4 Å². The summed E-state index contributed by atoms with van der Waals surface area (Å²) in [6, 6.07) is 14.6. The molecule has 0 aliphatic heterocycles. The van der Waals surface area contributed by atoms with Gasteiger partial charge in [0.15, 0.2) is 0 Å². The molecule has 0 fully saturated rings. The molecular weight excluding hydrogens is 316 g/mol. The van der Waals surface area contributed by atoms with Gasteiger partial charge in [0, 0.05) is 5.56 Å². The summed E-state index contributed by atoms with van der Waals surface area (Å²) in [6.45, 7) is 6.34. The lowest BCUT2D eigenvalue weighted by molar-refractivity contribution is -0.120. The third-order valence-electron chi connectivity index (χ3n) is 3.87. The summed E-state index contributed by atoms with van der Waals surface area (Å²) in [6.07, 6.45) is 0. The second-order valence-corrected chi connectivity index (χ2v) is 5.79. The van der Waals surface area contributed by atoms with Gasteiger partial charge in [-0.15, -0.1) is 0 Å². The SMILES string of the molecule is CCOc1ccc(C(=O)NCC(=O)NC(C)c2ccccc2C)cc1. The van der Waals surface area contributed by atoms with E-state index in [9.17, 15) is 9.59 Å². The van der Waals surface area contributed by atoms with Crippen LogP contribution in [-0.4, -0.2) is 25.0 Å². The fourth-order valence-corrected chi connectivity index (χ4v) is 2.57. The van der Waals surface area contributed by atoms with Crippen LogP contribution in [0.25, 0.3) is 0 Å². The van der Waals surface area contributed by atoms with Crippen LogP contribution in [-0.2, 0) is 4.79 Å². The average molecular weight is 340 g/mol. The number of amides is 2. The summed E-state index contributed by atoms with van der Waals surface area (Å²) in [5.74, 6) is 0.195. The molecule has 0 saturated heterocycles. The number of carbonyl (C=O) groups excluding carboxylic acids is 2. The van der Waals surface area contributed by atoms with Crippen molar-refractivity contribution in [3.05, 3.63) is 65.2 Å². The molecule has 0 spiro atoms. The monoisotopic (exact) mass is 340 g/mol. The largest absolute Gasteiger partial charge is 0.494 e. The van der Waals surface area contributed by atoms with Crippen molar-refractivity contribution in [2.75, 3.05) is 13.2 Å². The van der Waals surface area contributed by atoms with Crippen molar-refractivity contribution >= 4 is 11.8 Å². The van der Waals surface area contributed by atoms with Gasteiger partial charge >= 0.3 is 0 Å². The highest BCUT2D eigenvalue weighted by atomic mass is 16.5. The molecule has 2 N–H and O–H groups in total. The van der Waals surface area contributed by atoms with E-state index < -0.39 is 0 Å². The Hall–Kier alpha value is -2.82. The van der Waals surface area contributed by atoms with Crippen molar-refractivity contribution in [3.8, 4) is 5.75 Å². The Morgan fingerprint density at radius 1 is 1.08 bits per heavy atom. The predicted octanol–water partition coefficient (Wildman–Crippen LogP) is 3.00. The Kier molecular flexibility index (Phi) is 6.57. The second kappa shape index (κ2) is 8.87. The molecule has 5 nitrogen and oxygen atoms in total. The van der Waals surface area contributed by atoms with Crippen LogP contribution >= 0.6 is 0 Å². The lowest BCUT2D eigenvalue weighted by Gasteiger charge is -2.16. The van der Waals surface area contributed by atoms with Crippen molar-refractivity contribution in [1.29, 1.82) is 0 Å². The maximum absolute atomic E-state index is 12.1. The van der Waals surface area contributed by atoms with Crippen molar-refractivity contribution in [1.82, 2.24) is 10.6 Å². The Bertz CT molecular complexity index is 726. The number of nitrogens with one attached hydrogen (secondary N) is 2. The van der Waals surface area contributed by atoms with Crippen LogP contribution in [0.1, 0.15) is 41.4 Å². The molecule has 132 valence electrons. The van der Waals surface area contributed by atoms with Gasteiger partial charge in [0.05, 0.1) is 19.2 Å². The number of aryl methyl sites for hydroxylation is 1. The Labute approximate surface area is 148 Å². The third kappa shape index (κ3) is 5.35. The first-order valence-electron chi connectivity index (χ1n) is 8.37. The summed E-state index contributed by atoms with van der Waals surface area (Å²) >= 11 is 0. The molecule has 0 aliphatic rings. The van der Waals surface area contributed by atoms with Gasteiger partial charge in [0.1, 0.15) is 5.75 Å². The van der Waals surface area contributed by atoms with Gasteiger partial charge in [-0.2, -0.15) is 0 Å². The predicted molar refractivity (Wildman–Crippen MR) is 97.7 cm³/mol. The topological polar surface area (TPSA) is 67.4 Å². The molecule has 25 heavy (non-hydrogen) atoms. The van der Waals surface area contributed by atoms with Crippen LogP contribution in [0.15, 0.2) is 48.5 Å². The van der Waals surface area contributed by atoms with E-state index in [0.29, 0.717) is 17.9 Å². The maximum Gasteiger partial charge on any atom is 0.251 e. The van der Waals surface area contributed by atoms with Gasteiger partial charge in [-0.25, -0.2) is 0 Å². The van der Waals surface area contributed by atoms with E-state index in [4.69, 9.17) is 4.74 Å². The molecule has 0 heterocycles. The highest BCUT2D eigenvalue weighted by Gasteiger charge is 2.13. The number of ether oxygens (including phenoxy) is 1. The van der Waals surface area contributed by atoms with Gasteiger partial charge in [0.25, 0.3) is 5.91 Å². The standard InChI is InChI=1S/C20H24N2O3/c1-4-25-17-11-9-16(10-12-17)20(24)21-13-19(23)22-15(3)18-8-6-5-7-14(18)2/h5-12,15H,4,13H2,1-3H3,(H,21,24)(H,22,23). The first-order valence-corrected chi connectivity index (χ1v) is 8.37. The Morgan fingerprint density at radius 3 is 2.40 bits per heavy atom. The zero-order valence-electron chi connectivity index (χ0n) is 14.8. The fraction of sp³-hybridized carbons (Fsp3) is 0.300. The molecule has 2 amide bonds. The summed E-state index contributed by atoms with van der Waals surface area (Å²) < 4.78 is 5.34. The van der Waals surface area contributed by atoms with Crippen molar-refractivity contribution < 1.29 is 14.3 Å². The van der Waals surface area contributed by atoms with Crippen molar-refractivity contribution in [3.63, 3.8) is 0 Å². The lowest BCUT2D eigenvalue weighted by atomic mass is 10.0. The molecular formula is C20H24N2O3. The van der Waals surface area contributed by atoms with E-state index in [0.717, 1.165) is 11.1 Å². The summed E-state index contributed by atoms with van der Waals surface area (Å²) in [5, 5.41) is 5.53. The van der Waals surface area contributed by atoms with Crippen LogP contribution in [0.5, 0.6) is 5.75 Å². The number of carbonyl (C=O) groups is 2. The van der Waals surface area contributed by atoms with E-state index in [1.165, 1.54) is 0 Å². The van der Waals surface area contributed by atoms with E-state index in [1.54, 1.807) is 24.3 Å². The van der Waals surface area contributed by atoms with Gasteiger partial charge < -0.3 is 15.4 Å². The van der Waals surface area contributed by atoms with Gasteiger partial charge in [-0.05, 0) is 56.2 Å². The minimum absolute atomic E-state index is 0.0672. The van der Waals surface area contributed by atoms with Crippen molar-refractivity contribution in [2.24, 2.45) is 0 Å². The molecule has 2 aromatic carbocycles. The fourth-order valence-electron chi connectivity index (χ4n) is 2.57. The number of benzene rings is 2. The average Bonchev–Trinajstić information content (AvgIpc) is 2.61. The zero-order chi connectivity index (χ0) is 18.2. The molecule has 0 aliphatic carbocycles. The Balaban J connectivity index is 1.84. The Morgan fingerprint density at radius 2 is 1.76 bits per heavy atom. The van der Waals surface area contributed by atoms with Crippen LogP contribution in [0.3, 0.4) is 0 Å². The van der Waals surface area contributed by atoms with Crippen LogP contribution in [0.4, 0.5) is 0 Å². The third-order valence-corrected chi connectivity index (χ3v) is 3.87. The van der Waals surface area contributed by atoms with E-state index in [1.807, 2.05) is 45.0 Å². The molecule has 2 rings (SSSR count). The van der Waals surface area contributed by atoms with Crippen LogP contribution < -0.4 is 15.4 Å². The minimum Gasteiger partial charge on any atom is -0.494 e. The maximum atomic E-state index is 12.1. The quantitative estimate of drug-likeness (QED) is 0.814. The van der Waals surface area contributed by atoms with Crippen LogP contribution in [0, 0.1) is 6.92 Å². The highest BCUT2D eigenvalue weighted by molar-refractivity contribution is 5.96. The second-order valence-electron chi connectivity index (χ2n) is 5.79. The first-order chi connectivity index (χ1) is 12.0. The molecule has 0 radical (unpaired) electrons. The number of hydrogen-bond acceptors (Lipinski definition) is 3. The molecule has 0 bridgehead atoms. The van der Waals surface area contributed by atoms with Crippen LogP contribution in [0.2, 0.25) is 0 Å². The molecule has 2 aromatic rings. The van der Waals surface area contributed by atoms with Crippen molar-refractivity contribution in [2.45, 2.75) is 26.8 Å². The molecule has 1 atom stereocenters. The van der Waals surface area contributed by atoms with Gasteiger partial charge in [-0.3, -0.25) is 9.59 Å². The number of rotatable bonds is 7. The number of hydrogen-bond donors (Lipinski definition) is 2. The molecule has 5 heteroatoms. The van der Waals surface area contributed by atoms with E-state index >= 15 is 0 Å². The zero-order valence-corrected chi connectivity index (χ0v) is 14.8. The lowest BCUT2D eigenvalue weighted by Crippen LogP contribution is -2.38. The highest BCUT2D eigenvalue weighted by Crippen LogP contribution is 2.16. The summed E-state index contributed by atoms with van der Waals surface area (Å²) in [5.41, 5.74) is 2.67. The molecule has 0 saturated carbocycles. The van der Waals surface area contributed by atoms with E-state index in [2.05, 4.69) is 10.6 Å².